The third-order valence-corrected chi connectivity index (χ3v) is 0. The standard InChI is InChI=1S/2ClH.5Cu.H2O4S.6O/c;;;;;;;1-5(2,3)4;;;;;;/h2*1H;;;;;;(H2,1,2,3,4);;;;;;/q;;5*+2;;6*-2/p-4. The second kappa shape index (κ2) is 90.3. The van der Waals surface area contributed by atoms with Crippen molar-refractivity contribution in [3.63, 3.8) is 0 Å². The summed E-state index contributed by atoms with van der Waals surface area (Å²) in [5.41, 5.74) is 0. The molecular formula is Cl2Cu5O10S-6. The van der Waals surface area contributed by atoms with Crippen molar-refractivity contribution in [3.8, 4) is 0 Å². The van der Waals surface area contributed by atoms with E-state index in [1.54, 1.807) is 0 Å². The van der Waals surface area contributed by atoms with Crippen LogP contribution in [0.3, 0.4) is 0 Å². The second-order valence-electron chi connectivity index (χ2n) is 0.408. The van der Waals surface area contributed by atoms with Crippen molar-refractivity contribution in [2.75, 3.05) is 0 Å². The monoisotopic (exact) mass is 577 g/mol. The normalized spacial score (nSPS) is 3.22. The van der Waals surface area contributed by atoms with E-state index in [-0.39, 0.29) is 143 Å². The molecule has 0 heterocycles. The topological polar surface area (TPSA) is 251 Å². The van der Waals surface area contributed by atoms with Crippen LogP contribution in [0.5, 0.6) is 0 Å². The summed E-state index contributed by atoms with van der Waals surface area (Å²) in [4.78, 5) is 0. The van der Waals surface area contributed by atoms with Gasteiger partial charge in [0.1, 0.15) is 0 Å². The first-order valence-electron chi connectivity index (χ1n) is 0.667. The van der Waals surface area contributed by atoms with Gasteiger partial charge in [0, 0.05) is 10.4 Å². The summed E-state index contributed by atoms with van der Waals surface area (Å²) >= 11 is 0. The van der Waals surface area contributed by atoms with E-state index in [2.05, 4.69) is 0 Å². The smallest absolute Gasteiger partial charge is 2.00 e. The van der Waals surface area contributed by atoms with Crippen LogP contribution in [0.2, 0.25) is 0 Å². The van der Waals surface area contributed by atoms with Crippen molar-refractivity contribution in [2.24, 2.45) is 0 Å². The van der Waals surface area contributed by atoms with E-state index < -0.39 is 10.4 Å². The van der Waals surface area contributed by atoms with Gasteiger partial charge in [-0.05, 0) is 0 Å². The molecule has 18 heavy (non-hydrogen) atoms. The summed E-state index contributed by atoms with van der Waals surface area (Å²) in [5.74, 6) is 0. The minimum absolute atomic E-state index is 0. The first-order chi connectivity index (χ1) is 2.00. The Labute approximate surface area is 169 Å². The van der Waals surface area contributed by atoms with Gasteiger partial charge in [0.15, 0.2) is 0 Å². The first kappa shape index (κ1) is 176. The summed E-state index contributed by atoms with van der Waals surface area (Å²) in [5, 5.41) is 0. The van der Waals surface area contributed by atoms with E-state index in [1.165, 1.54) is 0 Å². The van der Waals surface area contributed by atoms with Gasteiger partial charge in [-0.1, -0.05) is 0 Å². The molecule has 0 aliphatic rings. The molecule has 0 aliphatic carbocycles. The largest absolute Gasteiger partial charge is 2.00 e. The molecule has 5 radical (unpaired) electrons. The molecule has 0 unspecified atom stereocenters. The van der Waals surface area contributed by atoms with E-state index in [9.17, 15) is 0 Å². The molecule has 0 aromatic rings. The molecule has 0 aromatic heterocycles. The first-order valence-corrected chi connectivity index (χ1v) is 2.00. The fourth-order valence-electron chi connectivity index (χ4n) is 0. The number of rotatable bonds is 0. The third kappa shape index (κ3) is 757. The zero-order chi connectivity index (χ0) is 4.50. The Hall–Kier alpha value is 2.81. The van der Waals surface area contributed by atoms with Crippen molar-refractivity contribution in [2.45, 2.75) is 0 Å². The maximum absolute atomic E-state index is 8.52. The molecule has 0 amide bonds. The summed E-state index contributed by atoms with van der Waals surface area (Å²) < 4.78 is 34.1. The van der Waals surface area contributed by atoms with Crippen LogP contribution in [0.1, 0.15) is 0 Å². The van der Waals surface area contributed by atoms with Gasteiger partial charge in [0.25, 0.3) is 0 Å². The van der Waals surface area contributed by atoms with E-state index >= 15 is 0 Å². The van der Waals surface area contributed by atoms with Gasteiger partial charge in [0.2, 0.25) is 0 Å². The average molecular weight is 581 g/mol. The molecule has 0 N–H and O–H groups in total. The molecular weight excluding hydrogens is 581 g/mol. The SMILES string of the molecule is O=S(=O)([O-])[O-].[Cl-].[Cl-].[Cu+2].[Cu+2].[Cu+2].[Cu+2].[Cu+2].[O-2].[O-2].[O-2].[O-2].[O-2].[O-2]. The van der Waals surface area contributed by atoms with E-state index in [1.807, 2.05) is 0 Å². The fourth-order valence-corrected chi connectivity index (χ4v) is 0. The van der Waals surface area contributed by atoms with E-state index in [0.717, 1.165) is 0 Å². The van der Waals surface area contributed by atoms with Gasteiger partial charge in [0.05, 0.1) is 0 Å². The zero-order valence-corrected chi connectivity index (χ0v) is 13.8. The van der Waals surface area contributed by atoms with Crippen LogP contribution >= 0.6 is 0 Å². The average Bonchev–Trinajstić information content (AvgIpc) is 0.722. The number of hydrogen-bond donors (Lipinski definition) is 0. The zero-order valence-electron chi connectivity index (χ0n) is 6.75. The van der Waals surface area contributed by atoms with Gasteiger partial charge >= 0.3 is 85.3 Å². The molecule has 10 nitrogen and oxygen atoms in total. The predicted octanol–water partition coefficient (Wildman–Crippen LogP) is -8.06. The molecule has 0 aromatic carbocycles. The van der Waals surface area contributed by atoms with Crippen molar-refractivity contribution in [3.05, 3.63) is 0 Å². The van der Waals surface area contributed by atoms with Crippen molar-refractivity contribution in [1.82, 2.24) is 0 Å². The molecule has 0 rings (SSSR count). The molecule has 141 valence electrons. The van der Waals surface area contributed by atoms with Crippen molar-refractivity contribution < 1.29 is 161 Å². The Morgan fingerprint density at radius 1 is 0.500 bits per heavy atom. The van der Waals surface area contributed by atoms with E-state index in [0.29, 0.717) is 0 Å². The van der Waals surface area contributed by atoms with Crippen LogP contribution in [-0.4, -0.2) is 17.5 Å². The Morgan fingerprint density at radius 2 is 0.500 bits per heavy atom. The number of hydrogen-bond acceptors (Lipinski definition) is 4. The predicted molar refractivity (Wildman–Crippen MR) is 14.6 cm³/mol. The molecule has 0 aliphatic heterocycles. The second-order valence-corrected chi connectivity index (χ2v) is 1.22. The van der Waals surface area contributed by atoms with Gasteiger partial charge in [-0.25, -0.2) is 0 Å². The van der Waals surface area contributed by atoms with Crippen LogP contribution in [0.15, 0.2) is 0 Å². The van der Waals surface area contributed by atoms with Gasteiger partial charge < -0.3 is 66.8 Å². The van der Waals surface area contributed by atoms with Crippen LogP contribution in [0.4, 0.5) is 0 Å². The van der Waals surface area contributed by atoms with Crippen LogP contribution < -0.4 is 24.8 Å². The van der Waals surface area contributed by atoms with Crippen LogP contribution in [0.25, 0.3) is 0 Å². The van der Waals surface area contributed by atoms with Crippen molar-refractivity contribution >= 4 is 10.4 Å². The fraction of sp³-hybridized carbons (Fsp3) is 0. The molecule has 0 fully saturated rings. The molecule has 0 atom stereocenters. The Kier molecular flexibility index (Phi) is 884. The summed E-state index contributed by atoms with van der Waals surface area (Å²) in [6.07, 6.45) is 0. The third-order valence-electron chi connectivity index (χ3n) is 0. The minimum atomic E-state index is -5.17. The molecule has 0 bridgehead atoms. The maximum Gasteiger partial charge on any atom is 2.00 e. The van der Waals surface area contributed by atoms with Crippen LogP contribution in [-0.2, 0) is 129 Å². The van der Waals surface area contributed by atoms with Crippen LogP contribution in [0, 0.1) is 0 Å². The summed E-state index contributed by atoms with van der Waals surface area (Å²) in [6, 6.07) is 0. The van der Waals surface area contributed by atoms with Gasteiger partial charge in [-0.3, -0.25) is 8.42 Å². The Bertz CT molecular complexity index is 111. The molecule has 0 saturated heterocycles. The minimum Gasteiger partial charge on any atom is -2.00 e. The Balaban J connectivity index is -0.00000000103. The number of halogens is 2. The molecule has 18 heteroatoms. The van der Waals surface area contributed by atoms with Gasteiger partial charge in [-0.2, -0.15) is 0 Å². The summed E-state index contributed by atoms with van der Waals surface area (Å²) in [7, 11) is -5.17. The van der Waals surface area contributed by atoms with Crippen molar-refractivity contribution in [1.29, 1.82) is 0 Å². The molecule has 0 spiro atoms. The quantitative estimate of drug-likeness (QED) is 0.154. The van der Waals surface area contributed by atoms with E-state index in [4.69, 9.17) is 17.5 Å². The Morgan fingerprint density at radius 3 is 0.500 bits per heavy atom. The maximum atomic E-state index is 8.52. The summed E-state index contributed by atoms with van der Waals surface area (Å²) in [6.45, 7) is 0. The molecule has 0 saturated carbocycles. The van der Waals surface area contributed by atoms with Gasteiger partial charge in [-0.15, -0.1) is 0 Å².